The molecule has 33 heavy (non-hydrogen) atoms. The molecule has 1 N–H and O–H groups in total. The molecule has 3 rings (SSSR count). The Hall–Kier alpha value is -3.12. The monoisotopic (exact) mass is 481 g/mol. The largest absolute Gasteiger partial charge is 0.489 e. The Morgan fingerprint density at radius 3 is 2.64 bits per heavy atom. The number of aryl methyl sites for hydroxylation is 2. The van der Waals surface area contributed by atoms with Crippen LogP contribution >= 0.6 is 11.8 Å². The maximum Gasteiger partial charge on any atom is 0.416 e. The number of methoxy groups -OCH3 is 1. The molecule has 0 atom stereocenters. The van der Waals surface area contributed by atoms with E-state index in [1.54, 1.807) is 0 Å². The van der Waals surface area contributed by atoms with Crippen LogP contribution in [0.15, 0.2) is 41.6 Å². The van der Waals surface area contributed by atoms with Crippen LogP contribution < -0.4 is 10.1 Å². The molecule has 0 aliphatic carbocycles. The first-order valence-electron chi connectivity index (χ1n) is 9.80. The van der Waals surface area contributed by atoms with Gasteiger partial charge in [-0.25, -0.2) is 0 Å². The summed E-state index contributed by atoms with van der Waals surface area (Å²) in [5, 5.41) is 14.5. The number of thioether (sulfide) groups is 1. The number of benzene rings is 2. The van der Waals surface area contributed by atoms with Crippen LogP contribution in [-0.2, 0) is 15.7 Å². The van der Waals surface area contributed by atoms with Gasteiger partial charge in [-0.15, -0.1) is 5.10 Å². The third kappa shape index (κ3) is 6.45. The molecule has 12 heteroatoms. The normalized spacial score (nSPS) is 11.5. The molecule has 0 saturated carbocycles. The van der Waals surface area contributed by atoms with E-state index in [9.17, 15) is 18.0 Å². The molecule has 0 spiro atoms. The fraction of sp³-hybridized carbons (Fsp3) is 0.333. The number of aromatic nitrogens is 4. The van der Waals surface area contributed by atoms with Gasteiger partial charge < -0.3 is 14.8 Å². The quantitative estimate of drug-likeness (QED) is 0.364. The average molecular weight is 482 g/mol. The van der Waals surface area contributed by atoms with Crippen LogP contribution in [-0.4, -0.2) is 52.2 Å². The zero-order chi connectivity index (χ0) is 24.0. The molecule has 1 amide bonds. The summed E-state index contributed by atoms with van der Waals surface area (Å²) < 4.78 is 51.3. The summed E-state index contributed by atoms with van der Waals surface area (Å²) in [5.74, 6) is -0.552. The van der Waals surface area contributed by atoms with Crippen molar-refractivity contribution in [3.8, 4) is 11.4 Å². The second kappa shape index (κ2) is 10.7. The van der Waals surface area contributed by atoms with Gasteiger partial charge in [0.2, 0.25) is 11.1 Å². The summed E-state index contributed by atoms with van der Waals surface area (Å²) in [5.41, 5.74) is 1.82. The topological polar surface area (TPSA) is 91.2 Å². The van der Waals surface area contributed by atoms with Crippen LogP contribution in [0.25, 0.3) is 5.69 Å². The minimum atomic E-state index is -4.56. The van der Waals surface area contributed by atoms with Crippen LogP contribution in [0.2, 0.25) is 0 Å². The molecular weight excluding hydrogens is 459 g/mol. The Kier molecular flexibility index (Phi) is 7.92. The highest BCUT2D eigenvalue weighted by Gasteiger charge is 2.31. The molecule has 1 aromatic heterocycles. The van der Waals surface area contributed by atoms with E-state index in [0.29, 0.717) is 5.16 Å². The van der Waals surface area contributed by atoms with Crippen LogP contribution in [0.1, 0.15) is 16.7 Å². The third-order valence-corrected chi connectivity index (χ3v) is 5.40. The smallest absolute Gasteiger partial charge is 0.416 e. The van der Waals surface area contributed by atoms with Gasteiger partial charge in [0.15, 0.2) is 0 Å². The van der Waals surface area contributed by atoms with E-state index in [4.69, 9.17) is 9.47 Å². The molecule has 3 aromatic rings. The molecule has 0 bridgehead atoms. The van der Waals surface area contributed by atoms with Crippen LogP contribution in [0.4, 0.5) is 18.9 Å². The summed E-state index contributed by atoms with van der Waals surface area (Å²) in [7, 11) is 1.47. The first kappa shape index (κ1) is 24.5. The maximum absolute atomic E-state index is 13.1. The van der Waals surface area contributed by atoms with Crippen molar-refractivity contribution in [3.05, 3.63) is 53.1 Å². The number of carbonyl (C=O) groups excluding carboxylic acids is 1. The van der Waals surface area contributed by atoms with Crippen molar-refractivity contribution in [3.63, 3.8) is 0 Å². The fourth-order valence-corrected chi connectivity index (χ4v) is 3.63. The highest BCUT2D eigenvalue weighted by Crippen LogP contribution is 2.35. The Balaban J connectivity index is 1.73. The van der Waals surface area contributed by atoms with Gasteiger partial charge in [-0.05, 0) is 54.1 Å². The SMILES string of the molecule is COCCOc1ccc(C(F)(F)F)cc1NC(=O)CSc1nnnn1-c1ccc(C)cc1C. The zero-order valence-corrected chi connectivity index (χ0v) is 19.0. The van der Waals surface area contributed by atoms with Crippen molar-refractivity contribution in [2.45, 2.75) is 25.2 Å². The number of nitrogens with zero attached hydrogens (tertiary/aromatic N) is 4. The van der Waals surface area contributed by atoms with Crippen molar-refractivity contribution in [1.82, 2.24) is 20.2 Å². The summed E-state index contributed by atoms with van der Waals surface area (Å²) in [6.07, 6.45) is -4.56. The Labute approximate surface area is 192 Å². The van der Waals surface area contributed by atoms with Gasteiger partial charge in [0.25, 0.3) is 0 Å². The molecule has 0 unspecified atom stereocenters. The standard InChI is InChI=1S/C21H22F3N5O3S/c1-13-4-6-17(14(2)10-13)29-20(26-27-28-29)33-12-19(30)25-16-11-15(21(22,23)24)5-7-18(16)32-9-8-31-3/h4-7,10-11H,8-9,12H2,1-3H3,(H,25,30). The minimum Gasteiger partial charge on any atom is -0.489 e. The molecule has 0 aliphatic rings. The van der Waals surface area contributed by atoms with Gasteiger partial charge in [-0.1, -0.05) is 29.5 Å². The number of nitrogens with one attached hydrogen (secondary N) is 1. The lowest BCUT2D eigenvalue weighted by molar-refractivity contribution is -0.137. The maximum atomic E-state index is 13.1. The average Bonchev–Trinajstić information content (AvgIpc) is 3.21. The lowest BCUT2D eigenvalue weighted by Crippen LogP contribution is -2.17. The highest BCUT2D eigenvalue weighted by atomic mass is 32.2. The lowest BCUT2D eigenvalue weighted by atomic mass is 10.1. The Bertz CT molecular complexity index is 1120. The number of rotatable bonds is 9. The first-order chi connectivity index (χ1) is 15.7. The molecule has 0 fully saturated rings. The van der Waals surface area contributed by atoms with Gasteiger partial charge in [0.1, 0.15) is 12.4 Å². The number of hydrogen-bond acceptors (Lipinski definition) is 7. The zero-order valence-electron chi connectivity index (χ0n) is 18.1. The van der Waals surface area contributed by atoms with E-state index in [-0.39, 0.29) is 30.4 Å². The molecule has 1 heterocycles. The van der Waals surface area contributed by atoms with E-state index in [0.717, 1.165) is 40.7 Å². The van der Waals surface area contributed by atoms with E-state index in [2.05, 4.69) is 20.8 Å². The number of ether oxygens (including phenoxy) is 2. The summed E-state index contributed by atoms with van der Waals surface area (Å²) in [4.78, 5) is 12.5. The second-order valence-electron chi connectivity index (χ2n) is 7.05. The van der Waals surface area contributed by atoms with Crippen molar-refractivity contribution in [2.24, 2.45) is 0 Å². The summed E-state index contributed by atoms with van der Waals surface area (Å²) in [6.45, 7) is 4.25. The molecule has 176 valence electrons. The first-order valence-corrected chi connectivity index (χ1v) is 10.8. The fourth-order valence-electron chi connectivity index (χ4n) is 2.94. The number of anilines is 1. The molecule has 0 radical (unpaired) electrons. The molecular formula is C21H22F3N5O3S. The van der Waals surface area contributed by atoms with Crippen LogP contribution in [0.3, 0.4) is 0 Å². The molecule has 0 saturated heterocycles. The predicted molar refractivity (Wildman–Crippen MR) is 117 cm³/mol. The van der Waals surface area contributed by atoms with E-state index < -0.39 is 17.6 Å². The molecule has 2 aromatic carbocycles. The van der Waals surface area contributed by atoms with Crippen molar-refractivity contribution >= 4 is 23.4 Å². The van der Waals surface area contributed by atoms with Gasteiger partial charge >= 0.3 is 6.18 Å². The number of tetrazole rings is 1. The lowest BCUT2D eigenvalue weighted by Gasteiger charge is -2.15. The van der Waals surface area contributed by atoms with Crippen LogP contribution in [0.5, 0.6) is 5.75 Å². The number of hydrogen-bond donors (Lipinski definition) is 1. The Morgan fingerprint density at radius 2 is 1.94 bits per heavy atom. The summed E-state index contributed by atoms with van der Waals surface area (Å²) in [6, 6.07) is 8.68. The van der Waals surface area contributed by atoms with Gasteiger partial charge in [-0.3, -0.25) is 4.79 Å². The number of amides is 1. The summed E-state index contributed by atoms with van der Waals surface area (Å²) >= 11 is 1.06. The number of halogens is 3. The van der Waals surface area contributed by atoms with Crippen molar-refractivity contribution < 1.29 is 27.4 Å². The van der Waals surface area contributed by atoms with Crippen molar-refractivity contribution in [1.29, 1.82) is 0 Å². The molecule has 0 aliphatic heterocycles. The molecule has 8 nitrogen and oxygen atoms in total. The minimum absolute atomic E-state index is 0.0829. The van der Waals surface area contributed by atoms with Gasteiger partial charge in [-0.2, -0.15) is 17.9 Å². The van der Waals surface area contributed by atoms with E-state index >= 15 is 0 Å². The van der Waals surface area contributed by atoms with Gasteiger partial charge in [0, 0.05) is 7.11 Å². The van der Waals surface area contributed by atoms with Gasteiger partial charge in [0.05, 0.1) is 29.3 Å². The third-order valence-electron chi connectivity index (χ3n) is 4.48. The highest BCUT2D eigenvalue weighted by molar-refractivity contribution is 7.99. The predicted octanol–water partition coefficient (Wildman–Crippen LogP) is 4.05. The number of alkyl halides is 3. The Morgan fingerprint density at radius 1 is 1.15 bits per heavy atom. The van der Waals surface area contributed by atoms with Crippen molar-refractivity contribution in [2.75, 3.05) is 31.4 Å². The van der Waals surface area contributed by atoms with E-state index in [1.807, 2.05) is 32.0 Å². The van der Waals surface area contributed by atoms with E-state index in [1.165, 1.54) is 17.9 Å². The van der Waals surface area contributed by atoms with Crippen LogP contribution in [0, 0.1) is 13.8 Å². The second-order valence-corrected chi connectivity index (χ2v) is 7.99. The number of carbonyl (C=O) groups is 1.